The van der Waals surface area contributed by atoms with E-state index in [4.69, 9.17) is 0 Å². The average Bonchev–Trinajstić information content (AvgIpc) is 2.00. The topological polar surface area (TPSA) is 29.1 Å². The summed E-state index contributed by atoms with van der Waals surface area (Å²) in [5, 5.41) is 2.90. The van der Waals surface area contributed by atoms with Crippen LogP contribution in [0.15, 0.2) is 12.2 Å². The second-order valence-electron chi connectivity index (χ2n) is 4.96. The minimum absolute atomic E-state index is 0.145. The highest BCUT2D eigenvalue weighted by atomic mass is 16.1. The summed E-state index contributed by atoms with van der Waals surface area (Å²) >= 11 is 0. The Morgan fingerprint density at radius 1 is 1.20 bits per heavy atom. The lowest BCUT2D eigenvalue weighted by Crippen LogP contribution is -2.30. The summed E-state index contributed by atoms with van der Waals surface area (Å²) in [4.78, 5) is 11.4. The van der Waals surface area contributed by atoms with E-state index in [2.05, 4.69) is 38.2 Å². The van der Waals surface area contributed by atoms with E-state index in [1.807, 2.05) is 13.8 Å². The maximum absolute atomic E-state index is 11.4. The largest absolute Gasteiger partial charge is 0.354 e. The Balaban J connectivity index is 3.77. The van der Waals surface area contributed by atoms with E-state index in [1.165, 1.54) is 0 Å². The SMILES string of the molecule is CC(C)C/C=C/[C@@H](C)CC(=O)NC(C)C. The van der Waals surface area contributed by atoms with Crippen molar-refractivity contribution in [2.24, 2.45) is 11.8 Å². The Morgan fingerprint density at radius 3 is 2.27 bits per heavy atom. The summed E-state index contributed by atoms with van der Waals surface area (Å²) in [5.41, 5.74) is 0. The van der Waals surface area contributed by atoms with E-state index >= 15 is 0 Å². The predicted molar refractivity (Wildman–Crippen MR) is 65.7 cm³/mol. The van der Waals surface area contributed by atoms with Crippen molar-refractivity contribution in [3.8, 4) is 0 Å². The second-order valence-corrected chi connectivity index (χ2v) is 4.96. The normalized spacial score (nSPS) is 13.8. The Hall–Kier alpha value is -0.790. The summed E-state index contributed by atoms with van der Waals surface area (Å²) in [6.07, 6.45) is 6.00. The molecule has 0 aromatic rings. The highest BCUT2D eigenvalue weighted by molar-refractivity contribution is 5.76. The van der Waals surface area contributed by atoms with Crippen molar-refractivity contribution in [3.63, 3.8) is 0 Å². The van der Waals surface area contributed by atoms with Gasteiger partial charge in [0, 0.05) is 12.5 Å². The molecule has 0 heterocycles. The summed E-state index contributed by atoms with van der Waals surface area (Å²) in [6, 6.07) is 0.240. The van der Waals surface area contributed by atoms with Crippen molar-refractivity contribution in [3.05, 3.63) is 12.2 Å². The Morgan fingerprint density at radius 2 is 1.80 bits per heavy atom. The van der Waals surface area contributed by atoms with Gasteiger partial charge in [-0.05, 0) is 32.1 Å². The van der Waals surface area contributed by atoms with E-state index in [9.17, 15) is 4.79 Å². The van der Waals surface area contributed by atoms with Gasteiger partial charge < -0.3 is 5.32 Å². The first-order valence-electron chi connectivity index (χ1n) is 5.87. The molecule has 0 radical (unpaired) electrons. The van der Waals surface area contributed by atoms with Crippen molar-refractivity contribution >= 4 is 5.91 Å². The lowest BCUT2D eigenvalue weighted by atomic mass is 10.0. The van der Waals surface area contributed by atoms with Gasteiger partial charge in [0.1, 0.15) is 0 Å². The molecule has 2 heteroatoms. The van der Waals surface area contributed by atoms with Gasteiger partial charge in [0.15, 0.2) is 0 Å². The second kappa shape index (κ2) is 7.49. The van der Waals surface area contributed by atoms with Crippen LogP contribution in [0, 0.1) is 11.8 Å². The van der Waals surface area contributed by atoms with Gasteiger partial charge in [-0.3, -0.25) is 4.79 Å². The molecule has 0 spiro atoms. The number of hydrogen-bond acceptors (Lipinski definition) is 1. The molecule has 0 bridgehead atoms. The summed E-state index contributed by atoms with van der Waals surface area (Å²) in [7, 11) is 0. The third-order valence-electron chi connectivity index (χ3n) is 2.03. The minimum Gasteiger partial charge on any atom is -0.354 e. The van der Waals surface area contributed by atoms with Gasteiger partial charge in [-0.25, -0.2) is 0 Å². The number of allylic oxidation sites excluding steroid dienone is 2. The van der Waals surface area contributed by atoms with Gasteiger partial charge in [-0.1, -0.05) is 32.9 Å². The van der Waals surface area contributed by atoms with Crippen LogP contribution in [0.3, 0.4) is 0 Å². The predicted octanol–water partition coefficient (Wildman–Crippen LogP) is 3.14. The molecule has 15 heavy (non-hydrogen) atoms. The molecule has 1 amide bonds. The van der Waals surface area contributed by atoms with Crippen LogP contribution >= 0.6 is 0 Å². The van der Waals surface area contributed by atoms with Crippen LogP contribution in [0.2, 0.25) is 0 Å². The molecule has 0 aromatic heterocycles. The Kier molecular flexibility index (Phi) is 7.10. The van der Waals surface area contributed by atoms with Gasteiger partial charge >= 0.3 is 0 Å². The maximum atomic E-state index is 11.4. The average molecular weight is 211 g/mol. The van der Waals surface area contributed by atoms with Gasteiger partial charge in [-0.15, -0.1) is 0 Å². The lowest BCUT2D eigenvalue weighted by Gasteiger charge is -2.10. The van der Waals surface area contributed by atoms with Crippen molar-refractivity contribution < 1.29 is 4.79 Å². The van der Waals surface area contributed by atoms with Crippen LogP contribution in [-0.4, -0.2) is 11.9 Å². The van der Waals surface area contributed by atoms with E-state index in [0.717, 1.165) is 6.42 Å². The fourth-order valence-electron chi connectivity index (χ4n) is 1.32. The van der Waals surface area contributed by atoms with Crippen LogP contribution in [0.4, 0.5) is 0 Å². The molecule has 0 aromatic carbocycles. The minimum atomic E-state index is 0.145. The third kappa shape index (κ3) is 9.51. The first-order chi connectivity index (χ1) is 6.91. The van der Waals surface area contributed by atoms with E-state index in [-0.39, 0.29) is 11.9 Å². The quantitative estimate of drug-likeness (QED) is 0.672. The fourth-order valence-corrected chi connectivity index (χ4v) is 1.32. The molecular weight excluding hydrogens is 186 g/mol. The van der Waals surface area contributed by atoms with Crippen LogP contribution < -0.4 is 5.32 Å². The molecule has 0 saturated heterocycles. The van der Waals surface area contributed by atoms with Gasteiger partial charge in [-0.2, -0.15) is 0 Å². The number of carbonyl (C=O) groups is 1. The highest BCUT2D eigenvalue weighted by Crippen LogP contribution is 2.07. The Bertz CT molecular complexity index is 207. The van der Waals surface area contributed by atoms with Crippen molar-refractivity contribution in [2.75, 3.05) is 0 Å². The fraction of sp³-hybridized carbons (Fsp3) is 0.769. The molecule has 88 valence electrons. The standard InChI is InChI=1S/C13H25NO/c1-10(2)7-6-8-12(5)9-13(15)14-11(3)4/h6,8,10-12H,7,9H2,1-5H3,(H,14,15)/b8-6+/t12-/m1/s1. The molecule has 0 unspecified atom stereocenters. The van der Waals surface area contributed by atoms with E-state index in [1.54, 1.807) is 0 Å². The molecule has 0 saturated carbocycles. The number of hydrogen-bond donors (Lipinski definition) is 1. The first kappa shape index (κ1) is 14.2. The zero-order valence-electron chi connectivity index (χ0n) is 10.7. The molecule has 1 atom stereocenters. The molecule has 0 aliphatic heterocycles. The van der Waals surface area contributed by atoms with Crippen LogP contribution in [0.5, 0.6) is 0 Å². The first-order valence-corrected chi connectivity index (χ1v) is 5.87. The van der Waals surface area contributed by atoms with Crippen molar-refractivity contribution in [1.29, 1.82) is 0 Å². The zero-order chi connectivity index (χ0) is 11.8. The molecule has 0 fully saturated rings. The number of rotatable bonds is 6. The number of nitrogens with one attached hydrogen (secondary N) is 1. The number of amides is 1. The molecule has 0 aliphatic rings. The summed E-state index contributed by atoms with van der Waals surface area (Å²) < 4.78 is 0. The maximum Gasteiger partial charge on any atom is 0.220 e. The molecule has 0 rings (SSSR count). The van der Waals surface area contributed by atoms with Gasteiger partial charge in [0.25, 0.3) is 0 Å². The number of carbonyl (C=O) groups excluding carboxylic acids is 1. The molecule has 2 nitrogen and oxygen atoms in total. The zero-order valence-corrected chi connectivity index (χ0v) is 10.7. The highest BCUT2D eigenvalue weighted by Gasteiger charge is 2.06. The summed E-state index contributed by atoms with van der Waals surface area (Å²) in [6.45, 7) is 10.4. The van der Waals surface area contributed by atoms with Crippen molar-refractivity contribution in [1.82, 2.24) is 5.32 Å². The van der Waals surface area contributed by atoms with Gasteiger partial charge in [0.2, 0.25) is 5.91 Å². The lowest BCUT2D eigenvalue weighted by molar-refractivity contribution is -0.122. The van der Waals surface area contributed by atoms with Gasteiger partial charge in [0.05, 0.1) is 0 Å². The van der Waals surface area contributed by atoms with E-state index in [0.29, 0.717) is 18.3 Å². The van der Waals surface area contributed by atoms with Crippen LogP contribution in [0.1, 0.15) is 47.5 Å². The smallest absolute Gasteiger partial charge is 0.220 e. The monoisotopic (exact) mass is 211 g/mol. The van der Waals surface area contributed by atoms with Crippen LogP contribution in [-0.2, 0) is 4.79 Å². The van der Waals surface area contributed by atoms with Crippen molar-refractivity contribution in [2.45, 2.75) is 53.5 Å². The van der Waals surface area contributed by atoms with E-state index < -0.39 is 0 Å². The molecule has 1 N–H and O–H groups in total. The molecule has 0 aliphatic carbocycles. The Labute approximate surface area is 94.1 Å². The summed E-state index contributed by atoms with van der Waals surface area (Å²) in [5.74, 6) is 1.17. The third-order valence-corrected chi connectivity index (χ3v) is 2.03. The van der Waals surface area contributed by atoms with Crippen LogP contribution in [0.25, 0.3) is 0 Å². The molecular formula is C13H25NO.